The Morgan fingerprint density at radius 1 is 0.943 bits per heavy atom. The second-order valence-electron chi connectivity index (χ2n) is 6.89. The smallest absolute Gasteiger partial charge is 0.343 e. The first-order valence-electron chi connectivity index (χ1n) is 10.4. The van der Waals surface area contributed by atoms with Gasteiger partial charge in [-0.15, -0.1) is 0 Å². The third kappa shape index (κ3) is 7.05. The van der Waals surface area contributed by atoms with Crippen LogP contribution >= 0.6 is 11.6 Å². The van der Waals surface area contributed by atoms with Crippen molar-refractivity contribution in [2.24, 2.45) is 5.10 Å². The standard InChI is InChI=1S/C25H22ClN3O6/c1-3-34-22-14-16(8-13-21(22)35-25(32)17-9-11-18(26)12-10-17)15-27-29-24(31)23(30)28-19-6-4-5-7-20(19)33-2/h4-15H,3H2,1-2H3,(H,28,30)(H,29,31)/b27-15+. The Morgan fingerprint density at radius 2 is 1.69 bits per heavy atom. The summed E-state index contributed by atoms with van der Waals surface area (Å²) in [7, 11) is 1.45. The Morgan fingerprint density at radius 3 is 2.40 bits per heavy atom. The lowest BCUT2D eigenvalue weighted by Gasteiger charge is -2.11. The Labute approximate surface area is 206 Å². The third-order valence-electron chi connectivity index (χ3n) is 4.49. The molecule has 0 aliphatic heterocycles. The Hall–Kier alpha value is -4.37. The molecule has 0 atom stereocenters. The number of para-hydroxylation sites is 2. The molecule has 180 valence electrons. The lowest BCUT2D eigenvalue weighted by atomic mass is 10.2. The molecular weight excluding hydrogens is 474 g/mol. The zero-order valence-corrected chi connectivity index (χ0v) is 19.7. The third-order valence-corrected chi connectivity index (χ3v) is 4.74. The first kappa shape index (κ1) is 25.3. The molecule has 0 unspecified atom stereocenters. The van der Waals surface area contributed by atoms with Gasteiger partial charge in [0, 0.05) is 5.02 Å². The number of carbonyl (C=O) groups is 3. The van der Waals surface area contributed by atoms with E-state index in [0.717, 1.165) is 0 Å². The first-order valence-corrected chi connectivity index (χ1v) is 10.8. The first-order chi connectivity index (χ1) is 16.9. The molecule has 9 nitrogen and oxygen atoms in total. The number of halogens is 1. The SMILES string of the molecule is CCOc1cc(/C=N/NC(=O)C(=O)Nc2ccccc2OC)ccc1OC(=O)c1ccc(Cl)cc1. The summed E-state index contributed by atoms with van der Waals surface area (Å²) in [5.74, 6) is -1.52. The molecule has 0 aromatic heterocycles. The molecular formula is C25H22ClN3O6. The molecule has 35 heavy (non-hydrogen) atoms. The van der Waals surface area contributed by atoms with Crippen LogP contribution in [-0.4, -0.2) is 37.7 Å². The highest BCUT2D eigenvalue weighted by molar-refractivity contribution is 6.39. The number of methoxy groups -OCH3 is 1. The quantitative estimate of drug-likeness (QED) is 0.160. The average molecular weight is 496 g/mol. The number of benzene rings is 3. The molecule has 0 bridgehead atoms. The lowest BCUT2D eigenvalue weighted by molar-refractivity contribution is -0.136. The summed E-state index contributed by atoms with van der Waals surface area (Å²) in [6, 6.07) is 17.7. The van der Waals surface area contributed by atoms with Crippen LogP contribution in [0.3, 0.4) is 0 Å². The number of amides is 2. The summed E-state index contributed by atoms with van der Waals surface area (Å²) in [6.07, 6.45) is 1.32. The molecule has 0 aliphatic rings. The van der Waals surface area contributed by atoms with E-state index in [0.29, 0.717) is 39.9 Å². The summed E-state index contributed by atoms with van der Waals surface area (Å²) in [6.45, 7) is 2.11. The average Bonchev–Trinajstić information content (AvgIpc) is 2.86. The number of anilines is 1. The van der Waals surface area contributed by atoms with Crippen LogP contribution in [0.4, 0.5) is 5.69 Å². The molecule has 10 heteroatoms. The van der Waals surface area contributed by atoms with Crippen molar-refractivity contribution in [1.82, 2.24) is 5.43 Å². The highest BCUT2D eigenvalue weighted by Crippen LogP contribution is 2.29. The van der Waals surface area contributed by atoms with Gasteiger partial charge in [-0.2, -0.15) is 5.10 Å². The number of nitrogens with one attached hydrogen (secondary N) is 2. The molecule has 2 amide bonds. The Balaban J connectivity index is 1.64. The van der Waals surface area contributed by atoms with Gasteiger partial charge in [0.25, 0.3) is 0 Å². The topological polar surface area (TPSA) is 115 Å². The number of carbonyl (C=O) groups excluding carboxylic acids is 3. The van der Waals surface area contributed by atoms with Gasteiger partial charge in [0.15, 0.2) is 11.5 Å². The molecule has 3 aromatic carbocycles. The zero-order chi connectivity index (χ0) is 25.2. The molecule has 0 fully saturated rings. The van der Waals surface area contributed by atoms with Gasteiger partial charge >= 0.3 is 17.8 Å². The van der Waals surface area contributed by atoms with Crippen LogP contribution in [0.5, 0.6) is 17.2 Å². The molecule has 2 N–H and O–H groups in total. The van der Waals surface area contributed by atoms with E-state index < -0.39 is 17.8 Å². The normalized spacial score (nSPS) is 10.5. The van der Waals surface area contributed by atoms with Crippen LogP contribution < -0.4 is 25.0 Å². The van der Waals surface area contributed by atoms with Gasteiger partial charge in [-0.25, -0.2) is 10.2 Å². The van der Waals surface area contributed by atoms with E-state index in [1.54, 1.807) is 67.6 Å². The number of nitrogens with zero attached hydrogens (tertiary/aromatic N) is 1. The molecule has 3 rings (SSSR count). The molecule has 0 heterocycles. The highest BCUT2D eigenvalue weighted by Gasteiger charge is 2.16. The maximum atomic E-state index is 12.4. The summed E-state index contributed by atoms with van der Waals surface area (Å²) in [4.78, 5) is 36.6. The van der Waals surface area contributed by atoms with Crippen molar-refractivity contribution in [3.05, 3.63) is 82.9 Å². The van der Waals surface area contributed by atoms with Gasteiger partial charge in [-0.1, -0.05) is 23.7 Å². The number of esters is 1. The van der Waals surface area contributed by atoms with Crippen molar-refractivity contribution in [1.29, 1.82) is 0 Å². The fourth-order valence-corrected chi connectivity index (χ4v) is 2.97. The fourth-order valence-electron chi connectivity index (χ4n) is 2.85. The van der Waals surface area contributed by atoms with E-state index >= 15 is 0 Å². The number of rotatable bonds is 8. The van der Waals surface area contributed by atoms with Crippen molar-refractivity contribution < 1.29 is 28.6 Å². The largest absolute Gasteiger partial charge is 0.495 e. The van der Waals surface area contributed by atoms with Crippen LogP contribution in [0.1, 0.15) is 22.8 Å². The fraction of sp³-hybridized carbons (Fsp3) is 0.120. The highest BCUT2D eigenvalue weighted by atomic mass is 35.5. The molecule has 0 radical (unpaired) electrons. The predicted octanol–water partition coefficient (Wildman–Crippen LogP) is 4.06. The molecule has 0 spiro atoms. The summed E-state index contributed by atoms with van der Waals surface area (Å²) < 4.78 is 16.1. The molecule has 0 saturated heterocycles. The van der Waals surface area contributed by atoms with E-state index in [1.807, 2.05) is 0 Å². The second-order valence-corrected chi connectivity index (χ2v) is 7.33. The summed E-state index contributed by atoms with van der Waals surface area (Å²) >= 11 is 5.85. The van der Waals surface area contributed by atoms with E-state index in [9.17, 15) is 14.4 Å². The minimum atomic E-state index is -0.967. The van der Waals surface area contributed by atoms with Gasteiger partial charge in [-0.3, -0.25) is 9.59 Å². The number of hydrazone groups is 1. The Kier molecular flexibility index (Phi) is 8.80. The molecule has 0 saturated carbocycles. The van der Waals surface area contributed by atoms with Crippen molar-refractivity contribution in [2.75, 3.05) is 19.0 Å². The lowest BCUT2D eigenvalue weighted by Crippen LogP contribution is -2.32. The van der Waals surface area contributed by atoms with Crippen molar-refractivity contribution in [2.45, 2.75) is 6.92 Å². The maximum Gasteiger partial charge on any atom is 0.343 e. The van der Waals surface area contributed by atoms with Crippen molar-refractivity contribution in [3.63, 3.8) is 0 Å². The van der Waals surface area contributed by atoms with E-state index in [2.05, 4.69) is 15.8 Å². The van der Waals surface area contributed by atoms with E-state index in [1.165, 1.54) is 19.4 Å². The van der Waals surface area contributed by atoms with Crippen LogP contribution in [0.25, 0.3) is 0 Å². The Bertz CT molecular complexity index is 1240. The van der Waals surface area contributed by atoms with Crippen LogP contribution in [0.15, 0.2) is 71.8 Å². The summed E-state index contributed by atoms with van der Waals surface area (Å²) in [5, 5.41) is 6.76. The van der Waals surface area contributed by atoms with Crippen LogP contribution in [-0.2, 0) is 9.59 Å². The van der Waals surface area contributed by atoms with Crippen molar-refractivity contribution in [3.8, 4) is 17.2 Å². The van der Waals surface area contributed by atoms with Gasteiger partial charge in [0.05, 0.1) is 31.2 Å². The molecule has 0 aliphatic carbocycles. The monoisotopic (exact) mass is 495 g/mol. The maximum absolute atomic E-state index is 12.4. The predicted molar refractivity (Wildman–Crippen MR) is 131 cm³/mol. The van der Waals surface area contributed by atoms with Gasteiger partial charge in [0.1, 0.15) is 5.75 Å². The number of ether oxygens (including phenoxy) is 3. The van der Waals surface area contributed by atoms with E-state index in [-0.39, 0.29) is 5.75 Å². The number of hydrogen-bond acceptors (Lipinski definition) is 7. The van der Waals surface area contributed by atoms with Gasteiger partial charge < -0.3 is 19.5 Å². The van der Waals surface area contributed by atoms with Gasteiger partial charge in [-0.05, 0) is 67.1 Å². The number of hydrogen-bond donors (Lipinski definition) is 2. The van der Waals surface area contributed by atoms with E-state index in [4.69, 9.17) is 25.8 Å². The van der Waals surface area contributed by atoms with Crippen molar-refractivity contribution >= 4 is 41.3 Å². The minimum Gasteiger partial charge on any atom is -0.495 e. The van der Waals surface area contributed by atoms with Crippen LogP contribution in [0, 0.1) is 0 Å². The second kappa shape index (κ2) is 12.2. The van der Waals surface area contributed by atoms with Crippen LogP contribution in [0.2, 0.25) is 5.02 Å². The summed E-state index contributed by atoms with van der Waals surface area (Å²) in [5.41, 5.74) is 3.37. The molecule has 3 aromatic rings. The zero-order valence-electron chi connectivity index (χ0n) is 18.9. The minimum absolute atomic E-state index is 0.212. The van der Waals surface area contributed by atoms with Gasteiger partial charge in [0.2, 0.25) is 0 Å².